The van der Waals surface area contributed by atoms with Crippen LogP contribution in [0, 0.1) is 4.91 Å². The summed E-state index contributed by atoms with van der Waals surface area (Å²) in [6, 6.07) is 0. The molecule has 8 heavy (non-hydrogen) atoms. The molecule has 4 nitrogen and oxygen atoms in total. The second kappa shape index (κ2) is 1.87. The monoisotopic (exact) mass is 129 g/mol. The minimum Gasteiger partial charge on any atom is -0.389 e. The van der Waals surface area contributed by atoms with Crippen LogP contribution in [-0.4, -0.2) is 4.98 Å². The van der Waals surface area contributed by atoms with Crippen LogP contribution < -0.4 is 5.73 Å². The molecule has 1 aromatic rings. The van der Waals surface area contributed by atoms with Crippen LogP contribution in [0.1, 0.15) is 0 Å². The Labute approximate surface area is 49.3 Å². The Balaban J connectivity index is 3.00. The molecule has 5 heteroatoms. The fourth-order valence-electron chi connectivity index (χ4n) is 0.319. The van der Waals surface area contributed by atoms with Gasteiger partial charge in [0.25, 0.3) is 5.13 Å². The maximum absolute atomic E-state index is 9.66. The van der Waals surface area contributed by atoms with Crippen molar-refractivity contribution in [1.82, 2.24) is 4.98 Å². The van der Waals surface area contributed by atoms with E-state index in [9.17, 15) is 4.91 Å². The Bertz CT molecular complexity index is 196. The van der Waals surface area contributed by atoms with Gasteiger partial charge in [-0.05, 0) is 0 Å². The molecular weight excluding hydrogens is 126 g/mol. The summed E-state index contributed by atoms with van der Waals surface area (Å²) in [7, 11) is 0. The summed E-state index contributed by atoms with van der Waals surface area (Å²) in [5.74, 6) is 0. The standard InChI is InChI=1S/C3H3N3OS/c4-2-1-5-3(6-7)8-2/h1H,4H2. The Kier molecular flexibility index (Phi) is 1.21. The van der Waals surface area contributed by atoms with Crippen molar-refractivity contribution in [2.24, 2.45) is 5.18 Å². The first-order valence-corrected chi connectivity index (χ1v) is 2.69. The Morgan fingerprint density at radius 2 is 2.62 bits per heavy atom. The SMILES string of the molecule is Nc1cnc(N=O)s1. The molecule has 1 heterocycles. The molecule has 0 fully saturated rings. The molecule has 2 N–H and O–H groups in total. The summed E-state index contributed by atoms with van der Waals surface area (Å²) in [4.78, 5) is 13.2. The predicted octanol–water partition coefficient (Wildman–Crippen LogP) is 1.12. The van der Waals surface area contributed by atoms with Crippen molar-refractivity contribution < 1.29 is 0 Å². The number of nitroso groups, excluding NO2 is 1. The molecule has 0 aliphatic rings. The van der Waals surface area contributed by atoms with Gasteiger partial charge in [-0.3, -0.25) is 0 Å². The third kappa shape index (κ3) is 0.812. The van der Waals surface area contributed by atoms with E-state index in [1.807, 2.05) is 0 Å². The molecule has 0 radical (unpaired) electrons. The molecule has 42 valence electrons. The van der Waals surface area contributed by atoms with Gasteiger partial charge >= 0.3 is 0 Å². The van der Waals surface area contributed by atoms with Crippen molar-refractivity contribution in [3.05, 3.63) is 11.1 Å². The zero-order valence-corrected chi connectivity index (χ0v) is 4.68. The van der Waals surface area contributed by atoms with E-state index < -0.39 is 0 Å². The van der Waals surface area contributed by atoms with Gasteiger partial charge < -0.3 is 5.73 Å². The number of nitrogen functional groups attached to an aromatic ring is 1. The molecular formula is C3H3N3OS. The van der Waals surface area contributed by atoms with Crippen LogP contribution in [0.2, 0.25) is 0 Å². The van der Waals surface area contributed by atoms with E-state index in [0.717, 1.165) is 11.3 Å². The summed E-state index contributed by atoms with van der Waals surface area (Å²) in [6.45, 7) is 0. The van der Waals surface area contributed by atoms with Crippen molar-refractivity contribution in [2.45, 2.75) is 0 Å². The lowest BCUT2D eigenvalue weighted by Gasteiger charge is -1.68. The van der Waals surface area contributed by atoms with E-state index in [-0.39, 0.29) is 5.13 Å². The molecule has 0 unspecified atom stereocenters. The normalized spacial score (nSPS) is 9.00. The highest BCUT2D eigenvalue weighted by atomic mass is 32.1. The number of nitrogens with two attached hydrogens (primary N) is 1. The average Bonchev–Trinajstić information content (AvgIpc) is 2.14. The quantitative estimate of drug-likeness (QED) is 0.578. The fourth-order valence-corrected chi connectivity index (χ4v) is 0.778. The van der Waals surface area contributed by atoms with Crippen molar-refractivity contribution in [3.8, 4) is 0 Å². The van der Waals surface area contributed by atoms with Crippen LogP contribution in [0.15, 0.2) is 11.4 Å². The molecule has 0 aliphatic carbocycles. The van der Waals surface area contributed by atoms with E-state index in [1.165, 1.54) is 6.20 Å². The van der Waals surface area contributed by atoms with Crippen molar-refractivity contribution >= 4 is 21.5 Å². The van der Waals surface area contributed by atoms with Crippen LogP contribution in [0.5, 0.6) is 0 Å². The molecule has 0 amide bonds. The first-order chi connectivity index (χ1) is 3.83. The van der Waals surface area contributed by atoms with Crippen LogP contribution in [0.25, 0.3) is 0 Å². The fraction of sp³-hybridized carbons (Fsp3) is 0. The van der Waals surface area contributed by atoms with Crippen LogP contribution in [0.3, 0.4) is 0 Å². The van der Waals surface area contributed by atoms with Crippen LogP contribution in [-0.2, 0) is 0 Å². The van der Waals surface area contributed by atoms with Gasteiger partial charge in [0.05, 0.1) is 6.20 Å². The third-order valence-electron chi connectivity index (χ3n) is 0.589. The highest BCUT2D eigenvalue weighted by Crippen LogP contribution is 2.21. The summed E-state index contributed by atoms with van der Waals surface area (Å²) < 4.78 is 0. The minimum absolute atomic E-state index is 0.183. The van der Waals surface area contributed by atoms with Crippen molar-refractivity contribution in [3.63, 3.8) is 0 Å². The van der Waals surface area contributed by atoms with Gasteiger partial charge in [-0.2, -0.15) is 0 Å². The number of thiazole rings is 1. The van der Waals surface area contributed by atoms with Gasteiger partial charge in [0.2, 0.25) is 0 Å². The summed E-state index contributed by atoms with van der Waals surface area (Å²) in [5.41, 5.74) is 5.21. The molecule has 0 atom stereocenters. The first kappa shape index (κ1) is 5.17. The molecule has 0 aliphatic heterocycles. The first-order valence-electron chi connectivity index (χ1n) is 1.87. The number of rotatable bonds is 1. The van der Waals surface area contributed by atoms with E-state index >= 15 is 0 Å². The number of anilines is 1. The highest BCUT2D eigenvalue weighted by Gasteiger charge is 1.94. The van der Waals surface area contributed by atoms with Crippen LogP contribution >= 0.6 is 11.3 Å². The topological polar surface area (TPSA) is 68.3 Å². The van der Waals surface area contributed by atoms with Crippen molar-refractivity contribution in [2.75, 3.05) is 5.73 Å². The van der Waals surface area contributed by atoms with Gasteiger partial charge in [-0.25, -0.2) is 4.98 Å². The second-order valence-corrected chi connectivity index (χ2v) is 2.18. The number of aromatic nitrogens is 1. The molecule has 1 rings (SSSR count). The van der Waals surface area contributed by atoms with Crippen molar-refractivity contribution in [1.29, 1.82) is 0 Å². The maximum Gasteiger partial charge on any atom is 0.254 e. The average molecular weight is 129 g/mol. The molecule has 0 bridgehead atoms. The smallest absolute Gasteiger partial charge is 0.254 e. The third-order valence-corrected chi connectivity index (χ3v) is 1.29. The Hall–Kier alpha value is -0.970. The number of hydrogen-bond donors (Lipinski definition) is 1. The summed E-state index contributed by atoms with van der Waals surface area (Å²) in [5, 5.41) is 3.27. The molecule has 0 aromatic carbocycles. The lowest BCUT2D eigenvalue weighted by molar-refractivity contribution is 1.35. The van der Waals surface area contributed by atoms with Gasteiger partial charge in [-0.1, -0.05) is 11.3 Å². The minimum atomic E-state index is 0.183. The van der Waals surface area contributed by atoms with Gasteiger partial charge in [0.1, 0.15) is 5.00 Å². The highest BCUT2D eigenvalue weighted by molar-refractivity contribution is 7.18. The van der Waals surface area contributed by atoms with E-state index in [2.05, 4.69) is 10.2 Å². The second-order valence-electron chi connectivity index (χ2n) is 1.14. The van der Waals surface area contributed by atoms with Crippen LogP contribution in [0.4, 0.5) is 10.1 Å². The number of nitrogens with zero attached hydrogens (tertiary/aromatic N) is 2. The lowest BCUT2D eigenvalue weighted by atomic mass is 10.9. The number of hydrogen-bond acceptors (Lipinski definition) is 5. The molecule has 0 spiro atoms. The molecule has 1 aromatic heterocycles. The maximum atomic E-state index is 9.66. The van der Waals surface area contributed by atoms with E-state index in [0.29, 0.717) is 5.00 Å². The lowest BCUT2D eigenvalue weighted by Crippen LogP contribution is -1.73. The molecule has 0 saturated heterocycles. The Morgan fingerprint density at radius 3 is 2.88 bits per heavy atom. The van der Waals surface area contributed by atoms with E-state index in [1.54, 1.807) is 0 Å². The zero-order chi connectivity index (χ0) is 5.98. The van der Waals surface area contributed by atoms with Gasteiger partial charge in [0.15, 0.2) is 0 Å². The largest absolute Gasteiger partial charge is 0.389 e. The summed E-state index contributed by atoms with van der Waals surface area (Å²) in [6.07, 6.45) is 1.40. The Morgan fingerprint density at radius 1 is 1.88 bits per heavy atom. The zero-order valence-electron chi connectivity index (χ0n) is 3.87. The van der Waals surface area contributed by atoms with E-state index in [4.69, 9.17) is 5.73 Å². The van der Waals surface area contributed by atoms with Gasteiger partial charge in [0, 0.05) is 5.18 Å². The molecule has 0 saturated carbocycles. The summed E-state index contributed by atoms with van der Waals surface area (Å²) >= 11 is 1.08. The predicted molar refractivity (Wildman–Crippen MR) is 32.0 cm³/mol. The van der Waals surface area contributed by atoms with Gasteiger partial charge in [-0.15, -0.1) is 4.91 Å².